The Morgan fingerprint density at radius 1 is 1.29 bits per heavy atom. The Labute approximate surface area is 85.1 Å². The molecule has 1 heterocycles. The summed E-state index contributed by atoms with van der Waals surface area (Å²) in [7, 11) is 0. The normalized spacial score (nSPS) is 12.5. The summed E-state index contributed by atoms with van der Waals surface area (Å²) < 4.78 is 1.98. The van der Waals surface area contributed by atoms with E-state index in [2.05, 4.69) is 39.7 Å². The number of nitrogens with one attached hydrogen (secondary N) is 1. The van der Waals surface area contributed by atoms with Gasteiger partial charge >= 0.3 is 0 Å². The monoisotopic (exact) mass is 196 g/mol. The van der Waals surface area contributed by atoms with Gasteiger partial charge < -0.3 is 0 Å². The fraction of sp³-hybridized carbons (Fsp3) is 0.727. The maximum Gasteiger partial charge on any atom is 0.267 e. The van der Waals surface area contributed by atoms with E-state index in [-0.39, 0.29) is 11.1 Å². The molecule has 1 aromatic rings. The van der Waals surface area contributed by atoms with Gasteiger partial charge in [-0.15, -0.1) is 0 Å². The maximum absolute atomic E-state index is 11.5. The average Bonchev–Trinajstić information content (AvgIpc) is 2.27. The first-order valence-corrected chi connectivity index (χ1v) is 5.07. The van der Waals surface area contributed by atoms with Crippen LogP contribution in [0.4, 0.5) is 0 Å². The molecule has 0 spiro atoms. The number of hydrogen-bond donors (Lipinski definition) is 1. The number of rotatable bonds is 1. The molecule has 3 nitrogen and oxygen atoms in total. The van der Waals surface area contributed by atoms with E-state index < -0.39 is 0 Å². The zero-order valence-electron chi connectivity index (χ0n) is 9.93. The molecule has 0 saturated heterocycles. The molecule has 1 N–H and O–H groups in total. The summed E-state index contributed by atoms with van der Waals surface area (Å²) in [5, 5.41) is 2.90. The Hall–Kier alpha value is -0.990. The molecular weight excluding hydrogens is 176 g/mol. The molecule has 1 aromatic heterocycles. The fourth-order valence-corrected chi connectivity index (χ4v) is 1.75. The van der Waals surface area contributed by atoms with Crippen molar-refractivity contribution in [2.24, 2.45) is 0 Å². The summed E-state index contributed by atoms with van der Waals surface area (Å²) in [5.74, 6) is 0.369. The van der Waals surface area contributed by atoms with Gasteiger partial charge in [-0.05, 0) is 33.6 Å². The van der Waals surface area contributed by atoms with Crippen LogP contribution in [-0.4, -0.2) is 9.78 Å². The minimum Gasteiger partial charge on any atom is -0.283 e. The highest BCUT2D eigenvalue weighted by atomic mass is 16.1. The number of hydrogen-bond acceptors (Lipinski definition) is 1. The molecule has 0 atom stereocenters. The van der Waals surface area contributed by atoms with Crippen molar-refractivity contribution in [3.05, 3.63) is 21.6 Å². The Balaban J connectivity index is 3.45. The largest absolute Gasteiger partial charge is 0.283 e. The smallest absolute Gasteiger partial charge is 0.267 e. The molecule has 0 aliphatic carbocycles. The molecule has 80 valence electrons. The molecule has 0 aliphatic heterocycles. The van der Waals surface area contributed by atoms with E-state index in [4.69, 9.17) is 0 Å². The van der Waals surface area contributed by atoms with Gasteiger partial charge in [0, 0.05) is 11.3 Å². The Bertz CT molecular complexity index is 377. The second-order valence-corrected chi connectivity index (χ2v) is 5.11. The van der Waals surface area contributed by atoms with Crippen LogP contribution < -0.4 is 5.56 Å². The lowest BCUT2D eigenvalue weighted by Gasteiger charge is -2.25. The highest BCUT2D eigenvalue weighted by Crippen LogP contribution is 2.22. The number of H-pyrrole nitrogens is 1. The Morgan fingerprint density at radius 2 is 1.79 bits per heavy atom. The van der Waals surface area contributed by atoms with Gasteiger partial charge in [-0.1, -0.05) is 13.8 Å². The van der Waals surface area contributed by atoms with E-state index >= 15 is 0 Å². The van der Waals surface area contributed by atoms with Crippen LogP contribution in [0.15, 0.2) is 4.79 Å². The summed E-state index contributed by atoms with van der Waals surface area (Å²) in [4.78, 5) is 11.5. The summed E-state index contributed by atoms with van der Waals surface area (Å²) in [6.07, 6.45) is 0. The zero-order valence-corrected chi connectivity index (χ0v) is 9.93. The van der Waals surface area contributed by atoms with Crippen LogP contribution in [0.1, 0.15) is 51.8 Å². The van der Waals surface area contributed by atoms with E-state index in [9.17, 15) is 4.79 Å². The molecule has 0 aromatic carbocycles. The number of aromatic nitrogens is 2. The lowest BCUT2D eigenvalue weighted by molar-refractivity contribution is 0.337. The van der Waals surface area contributed by atoms with Crippen molar-refractivity contribution in [3.8, 4) is 0 Å². The SMILES string of the molecule is Cc1c(C(C)C)n(C(C)(C)C)[nH]c1=O. The van der Waals surface area contributed by atoms with Crippen LogP contribution in [-0.2, 0) is 5.54 Å². The minimum absolute atomic E-state index is 0.0311. The first-order chi connectivity index (χ1) is 6.25. The standard InChI is InChI=1S/C11H20N2O/c1-7(2)9-8(3)10(14)12-13(9)11(4,5)6/h7H,1-6H3,(H,12,14). The highest BCUT2D eigenvalue weighted by molar-refractivity contribution is 5.20. The van der Waals surface area contributed by atoms with E-state index in [1.165, 1.54) is 0 Å². The van der Waals surface area contributed by atoms with Crippen LogP contribution in [0.2, 0.25) is 0 Å². The number of nitrogens with zero attached hydrogens (tertiary/aromatic N) is 1. The molecule has 0 aliphatic rings. The third-order valence-electron chi connectivity index (χ3n) is 2.40. The molecule has 0 amide bonds. The van der Waals surface area contributed by atoms with Crippen LogP contribution in [0.3, 0.4) is 0 Å². The van der Waals surface area contributed by atoms with Gasteiger partial charge in [0.05, 0.1) is 5.54 Å². The average molecular weight is 196 g/mol. The molecular formula is C11H20N2O. The molecule has 0 unspecified atom stereocenters. The van der Waals surface area contributed by atoms with Gasteiger partial charge in [0.2, 0.25) is 0 Å². The zero-order chi connectivity index (χ0) is 11.1. The third-order valence-corrected chi connectivity index (χ3v) is 2.40. The van der Waals surface area contributed by atoms with Gasteiger partial charge in [0.25, 0.3) is 5.56 Å². The van der Waals surface area contributed by atoms with E-state index in [0.29, 0.717) is 5.92 Å². The van der Waals surface area contributed by atoms with Gasteiger partial charge in [-0.2, -0.15) is 0 Å². The summed E-state index contributed by atoms with van der Waals surface area (Å²) in [6, 6.07) is 0. The predicted molar refractivity (Wildman–Crippen MR) is 58.9 cm³/mol. The van der Waals surface area contributed by atoms with Crippen molar-refractivity contribution in [3.63, 3.8) is 0 Å². The number of aromatic amines is 1. The van der Waals surface area contributed by atoms with Gasteiger partial charge in [0.15, 0.2) is 0 Å². The molecule has 1 rings (SSSR count). The predicted octanol–water partition coefficient (Wildman–Crippen LogP) is 2.36. The molecule has 0 fully saturated rings. The topological polar surface area (TPSA) is 37.8 Å². The Morgan fingerprint density at radius 3 is 2.07 bits per heavy atom. The second-order valence-electron chi connectivity index (χ2n) is 5.11. The molecule has 0 bridgehead atoms. The minimum atomic E-state index is -0.0625. The molecule has 3 heteroatoms. The van der Waals surface area contributed by atoms with Crippen molar-refractivity contribution in [2.75, 3.05) is 0 Å². The van der Waals surface area contributed by atoms with Crippen molar-refractivity contribution in [1.82, 2.24) is 9.78 Å². The van der Waals surface area contributed by atoms with Gasteiger partial charge in [0.1, 0.15) is 0 Å². The van der Waals surface area contributed by atoms with Crippen molar-refractivity contribution in [2.45, 2.75) is 53.0 Å². The van der Waals surface area contributed by atoms with Crippen molar-refractivity contribution < 1.29 is 0 Å². The van der Waals surface area contributed by atoms with Gasteiger partial charge in [-0.3, -0.25) is 14.6 Å². The Kier molecular flexibility index (Phi) is 2.61. The summed E-state index contributed by atoms with van der Waals surface area (Å²) >= 11 is 0. The van der Waals surface area contributed by atoms with E-state index in [1.54, 1.807) is 0 Å². The van der Waals surface area contributed by atoms with Crippen LogP contribution in [0.5, 0.6) is 0 Å². The quantitative estimate of drug-likeness (QED) is 0.735. The highest BCUT2D eigenvalue weighted by Gasteiger charge is 2.22. The first kappa shape index (κ1) is 11.1. The van der Waals surface area contributed by atoms with Crippen molar-refractivity contribution in [1.29, 1.82) is 0 Å². The summed E-state index contributed by atoms with van der Waals surface area (Å²) in [6.45, 7) is 12.4. The van der Waals surface area contributed by atoms with Crippen molar-refractivity contribution >= 4 is 0 Å². The molecule has 14 heavy (non-hydrogen) atoms. The van der Waals surface area contributed by atoms with Crippen LogP contribution >= 0.6 is 0 Å². The van der Waals surface area contributed by atoms with Gasteiger partial charge in [-0.25, -0.2) is 0 Å². The van der Waals surface area contributed by atoms with E-state index in [1.807, 2.05) is 11.6 Å². The lowest BCUT2D eigenvalue weighted by Crippen LogP contribution is -2.26. The molecule has 0 radical (unpaired) electrons. The second kappa shape index (κ2) is 3.30. The fourth-order valence-electron chi connectivity index (χ4n) is 1.75. The van der Waals surface area contributed by atoms with Crippen LogP contribution in [0.25, 0.3) is 0 Å². The lowest BCUT2D eigenvalue weighted by atomic mass is 10.0. The third kappa shape index (κ3) is 1.76. The first-order valence-electron chi connectivity index (χ1n) is 5.07. The maximum atomic E-state index is 11.5. The van der Waals surface area contributed by atoms with E-state index in [0.717, 1.165) is 11.3 Å². The summed E-state index contributed by atoms with van der Waals surface area (Å²) in [5.41, 5.74) is 1.92. The van der Waals surface area contributed by atoms with Crippen LogP contribution in [0, 0.1) is 6.92 Å². The molecule has 0 saturated carbocycles.